The van der Waals surface area contributed by atoms with Crippen LogP contribution in [0, 0.1) is 0 Å². The largest absolute Gasteiger partial charge is 0.369 e. The molecule has 36 heavy (non-hydrogen) atoms. The summed E-state index contributed by atoms with van der Waals surface area (Å²) in [5, 5.41) is 6.67. The number of H-pyrrole nitrogens is 1. The Morgan fingerprint density at radius 3 is 2.64 bits per heavy atom. The van der Waals surface area contributed by atoms with E-state index in [0.717, 1.165) is 46.3 Å². The van der Waals surface area contributed by atoms with Crippen molar-refractivity contribution in [1.29, 1.82) is 0 Å². The molecular formula is C27H36N4O3S2. The average molecular weight is 529 g/mol. The summed E-state index contributed by atoms with van der Waals surface area (Å²) in [5.74, 6) is 0.132. The number of aromatic amines is 1. The number of amides is 1. The van der Waals surface area contributed by atoms with Gasteiger partial charge in [0, 0.05) is 41.1 Å². The molecule has 1 aliphatic heterocycles. The van der Waals surface area contributed by atoms with Gasteiger partial charge in [-0.2, -0.15) is 0 Å². The van der Waals surface area contributed by atoms with E-state index in [9.17, 15) is 13.2 Å². The molecule has 2 aromatic heterocycles. The van der Waals surface area contributed by atoms with Gasteiger partial charge in [0.25, 0.3) is 0 Å². The van der Waals surface area contributed by atoms with Crippen LogP contribution in [0.25, 0.3) is 21.3 Å². The molecule has 0 unspecified atom stereocenters. The van der Waals surface area contributed by atoms with Gasteiger partial charge >= 0.3 is 0 Å². The van der Waals surface area contributed by atoms with Gasteiger partial charge in [-0.1, -0.05) is 18.9 Å². The molecule has 194 valence electrons. The zero-order chi connectivity index (χ0) is 25.1. The minimum atomic E-state index is -3.23. The lowest BCUT2D eigenvalue weighted by atomic mass is 9.89. The molecule has 0 radical (unpaired) electrons. The first-order valence-corrected chi connectivity index (χ1v) is 15.6. The Kier molecular flexibility index (Phi) is 7.81. The monoisotopic (exact) mass is 528 g/mol. The van der Waals surface area contributed by atoms with E-state index in [-0.39, 0.29) is 24.0 Å². The van der Waals surface area contributed by atoms with Crippen molar-refractivity contribution in [3.05, 3.63) is 47.0 Å². The first-order chi connectivity index (χ1) is 17.4. The van der Waals surface area contributed by atoms with E-state index in [4.69, 9.17) is 5.73 Å². The molecule has 5 rings (SSSR count). The number of nitrogens with zero attached hydrogens (tertiary/aromatic N) is 1. The smallest absolute Gasteiger partial charge is 0.221 e. The van der Waals surface area contributed by atoms with E-state index in [2.05, 4.69) is 28.5 Å². The first kappa shape index (κ1) is 25.4. The number of hydrogen-bond donors (Lipinski definition) is 3. The topological polar surface area (TPSA) is 108 Å². The number of nitrogens with two attached hydrogens (primary N) is 1. The molecule has 3 heterocycles. The number of piperidine rings is 1. The van der Waals surface area contributed by atoms with Crippen LogP contribution in [0.5, 0.6) is 0 Å². The Morgan fingerprint density at radius 1 is 1.17 bits per heavy atom. The van der Waals surface area contributed by atoms with Gasteiger partial charge in [0.1, 0.15) is 0 Å². The second kappa shape index (κ2) is 11.0. The Hall–Kier alpha value is -2.20. The number of thiophene rings is 1. The molecule has 0 atom stereocenters. The van der Waals surface area contributed by atoms with E-state index in [1.165, 1.54) is 31.2 Å². The first-order valence-electron chi connectivity index (χ1n) is 13.1. The maximum Gasteiger partial charge on any atom is 0.221 e. The molecule has 2 aliphatic rings. The Morgan fingerprint density at radius 2 is 1.94 bits per heavy atom. The average Bonchev–Trinajstić information content (AvgIpc) is 3.64. The molecule has 1 amide bonds. The van der Waals surface area contributed by atoms with Gasteiger partial charge in [-0.25, -0.2) is 12.7 Å². The molecule has 4 N–H and O–H groups in total. The number of primary amides is 1. The van der Waals surface area contributed by atoms with Gasteiger partial charge in [0.05, 0.1) is 12.2 Å². The minimum Gasteiger partial charge on any atom is -0.369 e. The fraction of sp³-hybridized carbons (Fsp3) is 0.519. The maximum atomic E-state index is 13.0. The molecule has 1 aliphatic carbocycles. The van der Waals surface area contributed by atoms with Crippen molar-refractivity contribution in [3.63, 3.8) is 0 Å². The number of fused-ring (bicyclic) bond motifs is 1. The van der Waals surface area contributed by atoms with Crippen LogP contribution in [0.15, 0.2) is 35.8 Å². The van der Waals surface area contributed by atoms with Crippen LogP contribution in [0.1, 0.15) is 62.0 Å². The number of sulfonamides is 1. The number of carbonyl (C=O) groups excluding carboxylic acids is 1. The molecule has 1 aromatic carbocycles. The number of benzene rings is 1. The molecule has 3 aromatic rings. The molecule has 2 fully saturated rings. The quantitative estimate of drug-likeness (QED) is 0.340. The van der Waals surface area contributed by atoms with Gasteiger partial charge in [-0.3, -0.25) is 4.79 Å². The summed E-state index contributed by atoms with van der Waals surface area (Å²) in [6.45, 7) is 1.87. The highest BCUT2D eigenvalue weighted by molar-refractivity contribution is 7.89. The van der Waals surface area contributed by atoms with Gasteiger partial charge in [-0.15, -0.1) is 11.3 Å². The fourth-order valence-corrected chi connectivity index (χ4v) is 8.09. The third kappa shape index (κ3) is 5.69. The van der Waals surface area contributed by atoms with E-state index in [0.29, 0.717) is 25.6 Å². The van der Waals surface area contributed by atoms with Crippen molar-refractivity contribution >= 4 is 38.2 Å². The number of nitrogens with one attached hydrogen (secondary N) is 2. The van der Waals surface area contributed by atoms with E-state index in [1.807, 2.05) is 17.6 Å². The summed E-state index contributed by atoms with van der Waals surface area (Å²) in [4.78, 5) is 16.3. The summed E-state index contributed by atoms with van der Waals surface area (Å²) < 4.78 is 27.6. The zero-order valence-corrected chi connectivity index (χ0v) is 22.3. The summed E-state index contributed by atoms with van der Waals surface area (Å²) >= 11 is 1.67. The van der Waals surface area contributed by atoms with Crippen molar-refractivity contribution in [2.24, 2.45) is 5.73 Å². The van der Waals surface area contributed by atoms with Crippen molar-refractivity contribution < 1.29 is 13.2 Å². The lowest BCUT2D eigenvalue weighted by Gasteiger charge is -2.31. The Balaban J connectivity index is 1.26. The third-order valence-corrected chi connectivity index (χ3v) is 10.6. The van der Waals surface area contributed by atoms with Gasteiger partial charge in [0.15, 0.2) is 0 Å². The summed E-state index contributed by atoms with van der Waals surface area (Å²) in [6, 6.07) is 8.92. The maximum absolute atomic E-state index is 13.0. The lowest BCUT2D eigenvalue weighted by Crippen LogP contribution is -2.40. The molecule has 1 saturated heterocycles. The van der Waals surface area contributed by atoms with Crippen LogP contribution in [-0.4, -0.2) is 55.0 Å². The summed E-state index contributed by atoms with van der Waals surface area (Å²) in [5.41, 5.74) is 9.69. The molecule has 0 spiro atoms. The highest BCUT2D eigenvalue weighted by atomic mass is 32.2. The van der Waals surface area contributed by atoms with Crippen molar-refractivity contribution in [1.82, 2.24) is 14.6 Å². The van der Waals surface area contributed by atoms with E-state index >= 15 is 0 Å². The number of hydrogen-bond acceptors (Lipinski definition) is 5. The number of aromatic nitrogens is 1. The highest BCUT2D eigenvalue weighted by Crippen LogP contribution is 2.38. The van der Waals surface area contributed by atoms with Crippen molar-refractivity contribution in [3.8, 4) is 10.4 Å². The number of carbonyl (C=O) groups is 1. The van der Waals surface area contributed by atoms with Crippen LogP contribution in [0.4, 0.5) is 0 Å². The van der Waals surface area contributed by atoms with Crippen molar-refractivity contribution in [2.75, 3.05) is 25.4 Å². The van der Waals surface area contributed by atoms with Gasteiger partial charge in [0.2, 0.25) is 15.9 Å². The van der Waals surface area contributed by atoms with Crippen LogP contribution in [0.3, 0.4) is 0 Å². The van der Waals surface area contributed by atoms with Crippen LogP contribution in [-0.2, 0) is 21.2 Å². The SMILES string of the molecule is NC(=O)Cc1cc(-c2cccs2)cc2c(C3CCN(S(=O)(=O)CCCNC4CCCC4)CC3)c[nH]c12. The van der Waals surface area contributed by atoms with Gasteiger partial charge < -0.3 is 16.0 Å². The molecular weight excluding hydrogens is 492 g/mol. The summed E-state index contributed by atoms with van der Waals surface area (Å²) in [7, 11) is -3.23. The fourth-order valence-electron chi connectivity index (χ4n) is 5.84. The summed E-state index contributed by atoms with van der Waals surface area (Å²) in [6.07, 6.45) is 9.46. The van der Waals surface area contributed by atoms with Crippen molar-refractivity contribution in [2.45, 2.75) is 63.3 Å². The lowest BCUT2D eigenvalue weighted by molar-refractivity contribution is -0.117. The van der Waals surface area contributed by atoms with E-state index < -0.39 is 10.0 Å². The Labute approximate surface area is 217 Å². The highest BCUT2D eigenvalue weighted by Gasteiger charge is 2.30. The molecule has 7 nitrogen and oxygen atoms in total. The van der Waals surface area contributed by atoms with Gasteiger partial charge in [-0.05, 0) is 84.8 Å². The predicted molar refractivity (Wildman–Crippen MR) is 147 cm³/mol. The second-order valence-corrected chi connectivity index (χ2v) is 13.2. The Bertz CT molecular complexity index is 1290. The molecule has 1 saturated carbocycles. The van der Waals surface area contributed by atoms with Crippen LogP contribution >= 0.6 is 11.3 Å². The van der Waals surface area contributed by atoms with E-state index in [1.54, 1.807) is 15.6 Å². The number of rotatable bonds is 10. The predicted octanol–water partition coefficient (Wildman–Crippen LogP) is 4.36. The standard InChI is InChI=1S/C27H36N4O3S2/c28-26(32)17-21-15-20(25-7-3-13-35-25)16-23-24(18-30-27(21)23)19-8-11-31(12-9-19)36(33,34)14-4-10-29-22-5-1-2-6-22/h3,7,13,15-16,18-19,22,29-30H,1-2,4-6,8-12,14,17H2,(H2,28,32). The van der Waals surface area contributed by atoms with Crippen LogP contribution in [0.2, 0.25) is 0 Å². The molecule has 9 heteroatoms. The molecule has 0 bridgehead atoms. The third-order valence-electron chi connectivity index (χ3n) is 7.73. The minimum absolute atomic E-state index is 0.183. The zero-order valence-electron chi connectivity index (χ0n) is 20.7. The van der Waals surface area contributed by atoms with Crippen LogP contribution < -0.4 is 11.1 Å². The normalized spacial score (nSPS) is 18.3. The second-order valence-electron chi connectivity index (χ2n) is 10.2.